The lowest BCUT2D eigenvalue weighted by Crippen LogP contribution is -2.45. The lowest BCUT2D eigenvalue weighted by atomic mass is 9.83. The van der Waals surface area contributed by atoms with E-state index >= 15 is 0 Å². The molecule has 2 aromatic heterocycles. The number of aromatic nitrogens is 4. The van der Waals surface area contributed by atoms with Crippen LogP contribution >= 0.6 is 11.8 Å². The fourth-order valence-electron chi connectivity index (χ4n) is 4.25. The van der Waals surface area contributed by atoms with Crippen molar-refractivity contribution in [3.63, 3.8) is 0 Å². The van der Waals surface area contributed by atoms with Gasteiger partial charge in [0.2, 0.25) is 11.8 Å². The third-order valence-corrected chi connectivity index (χ3v) is 6.62. The third kappa shape index (κ3) is 4.50. The molecule has 3 atom stereocenters. The third-order valence-electron chi connectivity index (χ3n) is 5.80. The first-order valence-electron chi connectivity index (χ1n) is 10.4. The van der Waals surface area contributed by atoms with Crippen LogP contribution in [0.5, 0.6) is 0 Å². The number of hydrazine groups is 1. The van der Waals surface area contributed by atoms with Crippen molar-refractivity contribution < 1.29 is 9.21 Å². The first kappa shape index (κ1) is 19.5. The molecule has 2 fully saturated rings. The van der Waals surface area contributed by atoms with Crippen molar-refractivity contribution in [3.05, 3.63) is 36.0 Å². The van der Waals surface area contributed by atoms with Crippen molar-refractivity contribution >= 4 is 28.7 Å². The van der Waals surface area contributed by atoms with Crippen LogP contribution in [0.3, 0.4) is 0 Å². The Morgan fingerprint density at radius 1 is 1.23 bits per heavy atom. The molecule has 9 nitrogen and oxygen atoms in total. The number of H-pyrrole nitrogens is 1. The summed E-state index contributed by atoms with van der Waals surface area (Å²) in [5.74, 6) is 2.42. The molecule has 158 valence electrons. The number of carbonyl (C=O) groups is 1. The van der Waals surface area contributed by atoms with E-state index in [1.165, 1.54) is 11.8 Å². The van der Waals surface area contributed by atoms with Crippen LogP contribution in [-0.2, 0) is 17.6 Å². The standard InChI is InChI=1S/C20H25N7O2S/c28-18(22-13-6-5-12-10-21-25-16(12)9-13)11-30-20-27-26-19(29-20)8-7-17-23-14-3-1-2-4-15(14)24-17/h1-4,12-13,16,21,25H,5-11H2,(H,22,28)(H,23,24). The predicted molar refractivity (Wildman–Crippen MR) is 113 cm³/mol. The second-order valence-electron chi connectivity index (χ2n) is 7.92. The number of rotatable bonds is 7. The van der Waals surface area contributed by atoms with E-state index in [2.05, 4.69) is 36.3 Å². The van der Waals surface area contributed by atoms with E-state index < -0.39 is 0 Å². The number of hydrogen-bond acceptors (Lipinski definition) is 8. The van der Waals surface area contributed by atoms with Crippen molar-refractivity contribution in [2.75, 3.05) is 12.3 Å². The molecule has 1 aliphatic carbocycles. The van der Waals surface area contributed by atoms with Gasteiger partial charge in [-0.2, -0.15) is 0 Å². The van der Waals surface area contributed by atoms with Crippen molar-refractivity contribution in [1.29, 1.82) is 0 Å². The molecule has 10 heteroatoms. The number of fused-ring (bicyclic) bond motifs is 2. The number of aromatic amines is 1. The van der Waals surface area contributed by atoms with Crippen LogP contribution in [0.1, 0.15) is 31.0 Å². The summed E-state index contributed by atoms with van der Waals surface area (Å²) in [5.41, 5.74) is 8.50. The maximum absolute atomic E-state index is 12.3. The predicted octanol–water partition coefficient (Wildman–Crippen LogP) is 1.58. The molecule has 3 heterocycles. The second kappa shape index (κ2) is 8.75. The average Bonchev–Trinajstić information content (AvgIpc) is 3.49. The highest BCUT2D eigenvalue weighted by Gasteiger charge is 2.34. The highest BCUT2D eigenvalue weighted by atomic mass is 32.2. The van der Waals surface area contributed by atoms with Crippen LogP contribution in [0, 0.1) is 5.92 Å². The molecule has 1 amide bonds. The van der Waals surface area contributed by atoms with Gasteiger partial charge in [0.15, 0.2) is 0 Å². The number of imidazole rings is 1. The van der Waals surface area contributed by atoms with Crippen LogP contribution in [0.4, 0.5) is 0 Å². The summed E-state index contributed by atoms with van der Waals surface area (Å²) >= 11 is 1.28. The van der Waals surface area contributed by atoms with E-state index in [0.29, 0.717) is 35.9 Å². The van der Waals surface area contributed by atoms with Gasteiger partial charge in [0.25, 0.3) is 5.22 Å². The van der Waals surface area contributed by atoms with Crippen molar-refractivity contribution in [2.45, 2.75) is 49.4 Å². The minimum absolute atomic E-state index is 0.0106. The van der Waals surface area contributed by atoms with E-state index in [4.69, 9.17) is 4.42 Å². The summed E-state index contributed by atoms with van der Waals surface area (Å²) in [6, 6.07) is 8.63. The number of benzene rings is 1. The van der Waals surface area contributed by atoms with Crippen LogP contribution in [0.15, 0.2) is 33.9 Å². The van der Waals surface area contributed by atoms with Gasteiger partial charge >= 0.3 is 0 Å². The SMILES string of the molecule is O=C(CSc1nnc(CCc2nc3ccccc3[nH]2)o1)NC1CCC2CNNC2C1. The zero-order valence-corrected chi connectivity index (χ0v) is 17.4. The van der Waals surface area contributed by atoms with E-state index in [0.717, 1.165) is 42.7 Å². The maximum Gasteiger partial charge on any atom is 0.277 e. The molecule has 0 bridgehead atoms. The molecule has 5 rings (SSSR count). The molecular formula is C20H25N7O2S. The molecule has 3 unspecified atom stereocenters. The number of hydrogen-bond donors (Lipinski definition) is 4. The summed E-state index contributed by atoms with van der Waals surface area (Å²) in [7, 11) is 0. The van der Waals surface area contributed by atoms with Gasteiger partial charge in [0.05, 0.1) is 16.8 Å². The summed E-state index contributed by atoms with van der Waals surface area (Å²) in [6.45, 7) is 1.02. The number of nitrogens with one attached hydrogen (secondary N) is 4. The van der Waals surface area contributed by atoms with E-state index in [1.54, 1.807) is 0 Å². The number of para-hydroxylation sites is 2. The highest BCUT2D eigenvalue weighted by Crippen LogP contribution is 2.27. The topological polar surface area (TPSA) is 121 Å². The molecule has 0 spiro atoms. The molecule has 3 aromatic rings. The van der Waals surface area contributed by atoms with Gasteiger partial charge in [-0.05, 0) is 37.3 Å². The second-order valence-corrected chi connectivity index (χ2v) is 8.85. The number of carbonyl (C=O) groups excluding carboxylic acids is 1. The molecule has 2 aliphatic rings. The monoisotopic (exact) mass is 427 g/mol. The van der Waals surface area contributed by atoms with Gasteiger partial charge in [0, 0.05) is 31.5 Å². The fraction of sp³-hybridized carbons (Fsp3) is 0.500. The van der Waals surface area contributed by atoms with Gasteiger partial charge in [0.1, 0.15) is 5.82 Å². The molecule has 1 aliphatic heterocycles. The van der Waals surface area contributed by atoms with Crippen LogP contribution < -0.4 is 16.2 Å². The number of amides is 1. The van der Waals surface area contributed by atoms with Crippen LogP contribution in [0.2, 0.25) is 0 Å². The minimum atomic E-state index is 0.0106. The average molecular weight is 428 g/mol. The van der Waals surface area contributed by atoms with Crippen molar-refractivity contribution in [2.24, 2.45) is 5.92 Å². The molecule has 0 radical (unpaired) electrons. The Morgan fingerprint density at radius 3 is 3.10 bits per heavy atom. The summed E-state index contributed by atoms with van der Waals surface area (Å²) < 4.78 is 5.68. The first-order chi connectivity index (χ1) is 14.7. The van der Waals surface area contributed by atoms with Gasteiger partial charge in [-0.1, -0.05) is 23.9 Å². The number of thioether (sulfide) groups is 1. The first-order valence-corrected chi connectivity index (χ1v) is 11.4. The summed E-state index contributed by atoms with van der Waals surface area (Å²) in [5, 5.41) is 11.7. The van der Waals surface area contributed by atoms with E-state index in [9.17, 15) is 4.79 Å². The minimum Gasteiger partial charge on any atom is -0.416 e. The van der Waals surface area contributed by atoms with Gasteiger partial charge in [-0.15, -0.1) is 10.2 Å². The molecule has 1 saturated carbocycles. The Morgan fingerprint density at radius 2 is 2.17 bits per heavy atom. The molecule has 30 heavy (non-hydrogen) atoms. The van der Waals surface area contributed by atoms with E-state index in [1.807, 2.05) is 24.3 Å². The fourth-order valence-corrected chi connectivity index (χ4v) is 4.84. The Kier molecular flexibility index (Phi) is 5.69. The molecule has 4 N–H and O–H groups in total. The Labute approximate surface area is 178 Å². The lowest BCUT2D eigenvalue weighted by molar-refractivity contribution is -0.119. The van der Waals surface area contributed by atoms with Crippen molar-refractivity contribution in [3.8, 4) is 0 Å². The van der Waals surface area contributed by atoms with Gasteiger partial charge in [-0.25, -0.2) is 4.98 Å². The zero-order chi connectivity index (χ0) is 20.3. The highest BCUT2D eigenvalue weighted by molar-refractivity contribution is 7.99. The van der Waals surface area contributed by atoms with Crippen molar-refractivity contribution in [1.82, 2.24) is 36.3 Å². The lowest BCUT2D eigenvalue weighted by Gasteiger charge is -2.31. The molecule has 1 aromatic carbocycles. The Hall–Kier alpha value is -2.43. The maximum atomic E-state index is 12.3. The summed E-state index contributed by atoms with van der Waals surface area (Å²) in [6.07, 6.45) is 4.44. The molecule has 1 saturated heterocycles. The van der Waals surface area contributed by atoms with Gasteiger partial charge in [-0.3, -0.25) is 15.6 Å². The Bertz CT molecular complexity index is 986. The van der Waals surface area contributed by atoms with E-state index in [-0.39, 0.29) is 17.7 Å². The zero-order valence-electron chi connectivity index (χ0n) is 16.6. The van der Waals surface area contributed by atoms with Crippen LogP contribution in [-0.4, -0.2) is 50.5 Å². The smallest absolute Gasteiger partial charge is 0.277 e. The number of nitrogens with zero attached hydrogens (tertiary/aromatic N) is 3. The molecular weight excluding hydrogens is 402 g/mol. The number of aryl methyl sites for hydroxylation is 2. The van der Waals surface area contributed by atoms with Gasteiger partial charge < -0.3 is 14.7 Å². The largest absolute Gasteiger partial charge is 0.416 e. The normalized spacial score (nSPS) is 23.5. The quantitative estimate of drug-likeness (QED) is 0.420. The summed E-state index contributed by atoms with van der Waals surface area (Å²) in [4.78, 5) is 20.2. The van der Waals surface area contributed by atoms with Crippen LogP contribution in [0.25, 0.3) is 11.0 Å². The Balaban J connectivity index is 1.07.